The van der Waals surface area contributed by atoms with E-state index >= 15 is 0 Å². The monoisotopic (exact) mass is 346 g/mol. The van der Waals surface area contributed by atoms with Crippen molar-refractivity contribution in [3.05, 3.63) is 47.8 Å². The third-order valence-electron chi connectivity index (χ3n) is 4.37. The highest BCUT2D eigenvalue weighted by Gasteiger charge is 2.30. The van der Waals surface area contributed by atoms with Gasteiger partial charge in [0.1, 0.15) is 11.6 Å². The maximum Gasteiger partial charge on any atom is 0.317 e. The fraction of sp³-hybridized carbons (Fsp3) is 0.353. The third-order valence-corrected chi connectivity index (χ3v) is 4.37. The van der Waals surface area contributed by atoms with E-state index in [0.717, 1.165) is 0 Å². The van der Waals surface area contributed by atoms with Crippen molar-refractivity contribution in [3.8, 4) is 5.69 Å². The van der Waals surface area contributed by atoms with Gasteiger partial charge in [-0.1, -0.05) is 6.07 Å². The Hall–Kier alpha value is -2.90. The van der Waals surface area contributed by atoms with E-state index in [1.54, 1.807) is 36.0 Å². The number of nitrogens with one attached hydrogen (secondary N) is 1. The number of aromatic nitrogens is 2. The second-order valence-electron chi connectivity index (χ2n) is 6.06. The number of benzene rings is 1. The first-order chi connectivity index (χ1) is 12.0. The quantitative estimate of drug-likeness (QED) is 0.886. The van der Waals surface area contributed by atoms with Gasteiger partial charge in [-0.15, -0.1) is 0 Å². The molecule has 1 atom stereocenters. The van der Waals surface area contributed by atoms with Crippen molar-refractivity contribution in [1.82, 2.24) is 19.8 Å². The Bertz CT molecular complexity index is 805. The Labute approximate surface area is 144 Å². The van der Waals surface area contributed by atoms with Gasteiger partial charge in [0.25, 0.3) is 0 Å². The molecule has 0 radical (unpaired) electrons. The Kier molecular flexibility index (Phi) is 4.69. The van der Waals surface area contributed by atoms with E-state index in [1.165, 1.54) is 11.0 Å². The molecule has 2 aromatic rings. The minimum Gasteiger partial charge on any atom is -0.481 e. The van der Waals surface area contributed by atoms with Crippen molar-refractivity contribution < 1.29 is 19.1 Å². The lowest BCUT2D eigenvalue weighted by Gasteiger charge is -2.17. The number of hydrogen-bond donors (Lipinski definition) is 2. The SMILES string of the molecule is Cc1nccn1-c1ccc(CNC(=O)N2CCC(C(=O)O)C2)cc1F. The zero-order valence-corrected chi connectivity index (χ0v) is 13.8. The highest BCUT2D eigenvalue weighted by molar-refractivity contribution is 5.77. The number of halogens is 1. The number of urea groups is 1. The van der Waals surface area contributed by atoms with E-state index in [-0.39, 0.29) is 19.1 Å². The Balaban J connectivity index is 1.61. The Morgan fingerprint density at radius 2 is 2.24 bits per heavy atom. The van der Waals surface area contributed by atoms with Gasteiger partial charge < -0.3 is 19.9 Å². The van der Waals surface area contributed by atoms with Crippen LogP contribution >= 0.6 is 0 Å². The number of nitrogens with zero attached hydrogens (tertiary/aromatic N) is 3. The lowest BCUT2D eigenvalue weighted by molar-refractivity contribution is -0.141. The van der Waals surface area contributed by atoms with Crippen LogP contribution in [0.15, 0.2) is 30.6 Å². The van der Waals surface area contributed by atoms with Crippen molar-refractivity contribution in [2.45, 2.75) is 19.9 Å². The normalized spacial score (nSPS) is 16.9. The molecule has 1 aliphatic heterocycles. The van der Waals surface area contributed by atoms with Crippen molar-refractivity contribution in [2.75, 3.05) is 13.1 Å². The number of rotatable bonds is 4. The molecule has 1 aromatic carbocycles. The predicted octanol–water partition coefficient (Wildman–Crippen LogP) is 1.94. The van der Waals surface area contributed by atoms with E-state index in [1.807, 2.05) is 0 Å². The van der Waals surface area contributed by atoms with Gasteiger partial charge in [-0.3, -0.25) is 4.79 Å². The van der Waals surface area contributed by atoms with E-state index in [0.29, 0.717) is 30.0 Å². The average molecular weight is 346 g/mol. The summed E-state index contributed by atoms with van der Waals surface area (Å²) < 4.78 is 16.0. The fourth-order valence-corrected chi connectivity index (χ4v) is 2.92. The van der Waals surface area contributed by atoms with Gasteiger partial charge in [-0.2, -0.15) is 0 Å². The summed E-state index contributed by atoms with van der Waals surface area (Å²) in [6.45, 7) is 2.57. The molecule has 8 heteroatoms. The molecule has 0 spiro atoms. The second-order valence-corrected chi connectivity index (χ2v) is 6.06. The molecule has 0 aliphatic carbocycles. The molecular weight excluding hydrogens is 327 g/mol. The van der Waals surface area contributed by atoms with Crippen molar-refractivity contribution in [3.63, 3.8) is 0 Å². The molecule has 0 bridgehead atoms. The lowest BCUT2D eigenvalue weighted by Crippen LogP contribution is -2.38. The number of carbonyl (C=O) groups excluding carboxylic acids is 1. The molecule has 3 rings (SSSR count). The molecule has 132 valence electrons. The summed E-state index contributed by atoms with van der Waals surface area (Å²) in [6, 6.07) is 4.42. The van der Waals surface area contributed by atoms with E-state index in [4.69, 9.17) is 5.11 Å². The molecular formula is C17H19FN4O3. The Morgan fingerprint density at radius 1 is 1.44 bits per heavy atom. The largest absolute Gasteiger partial charge is 0.481 e. The van der Waals surface area contributed by atoms with Crippen molar-refractivity contribution >= 4 is 12.0 Å². The summed E-state index contributed by atoms with van der Waals surface area (Å²) in [5.41, 5.74) is 1.02. The van der Waals surface area contributed by atoms with Gasteiger partial charge in [0, 0.05) is 32.0 Å². The van der Waals surface area contributed by atoms with E-state index in [2.05, 4.69) is 10.3 Å². The van der Waals surface area contributed by atoms with Gasteiger partial charge in [0.2, 0.25) is 0 Å². The fourth-order valence-electron chi connectivity index (χ4n) is 2.92. The summed E-state index contributed by atoms with van der Waals surface area (Å²) in [5.74, 6) is -1.12. The molecule has 2 amide bonds. The number of likely N-dealkylation sites (tertiary alicyclic amines) is 1. The second kappa shape index (κ2) is 6.92. The maximum atomic E-state index is 14.3. The van der Waals surface area contributed by atoms with Gasteiger partial charge in [-0.25, -0.2) is 14.2 Å². The van der Waals surface area contributed by atoms with Crippen molar-refractivity contribution in [2.24, 2.45) is 5.92 Å². The van der Waals surface area contributed by atoms with Crippen LogP contribution in [0.1, 0.15) is 17.8 Å². The molecule has 1 aromatic heterocycles. The summed E-state index contributed by atoms with van der Waals surface area (Å²) in [7, 11) is 0. The maximum absolute atomic E-state index is 14.3. The number of carbonyl (C=O) groups is 2. The molecule has 1 fully saturated rings. The topological polar surface area (TPSA) is 87.5 Å². The highest BCUT2D eigenvalue weighted by Crippen LogP contribution is 2.18. The molecule has 2 heterocycles. The van der Waals surface area contributed by atoms with E-state index < -0.39 is 17.7 Å². The van der Waals surface area contributed by atoms with Gasteiger partial charge >= 0.3 is 12.0 Å². The van der Waals surface area contributed by atoms with Crippen LogP contribution in [-0.2, 0) is 11.3 Å². The smallest absolute Gasteiger partial charge is 0.317 e. The zero-order valence-electron chi connectivity index (χ0n) is 13.8. The van der Waals surface area contributed by atoms with Crippen LogP contribution in [0.2, 0.25) is 0 Å². The summed E-state index contributed by atoms with van der Waals surface area (Å²) in [4.78, 5) is 28.6. The first kappa shape index (κ1) is 16.9. The molecule has 1 aliphatic rings. The first-order valence-corrected chi connectivity index (χ1v) is 8.00. The number of aryl methyl sites for hydroxylation is 1. The molecule has 1 unspecified atom stereocenters. The molecule has 2 N–H and O–H groups in total. The van der Waals surface area contributed by atoms with Crippen LogP contribution < -0.4 is 5.32 Å². The van der Waals surface area contributed by atoms with Crippen LogP contribution in [0.3, 0.4) is 0 Å². The standard InChI is InChI=1S/C17H19FN4O3/c1-11-19-5-7-22(11)15-3-2-12(8-14(15)18)9-20-17(25)21-6-4-13(10-21)16(23)24/h2-3,5,7-8,13H,4,6,9-10H2,1H3,(H,20,25)(H,23,24). The van der Waals surface area contributed by atoms with Crippen molar-refractivity contribution in [1.29, 1.82) is 0 Å². The molecule has 25 heavy (non-hydrogen) atoms. The number of carboxylic acids is 1. The molecule has 0 saturated carbocycles. The average Bonchev–Trinajstić information content (AvgIpc) is 3.22. The van der Waals surface area contributed by atoms with Crippen LogP contribution in [-0.4, -0.2) is 44.6 Å². The number of carboxylic acid groups (broad SMARTS) is 1. The van der Waals surface area contributed by atoms with Crippen LogP contribution in [0, 0.1) is 18.7 Å². The first-order valence-electron chi connectivity index (χ1n) is 8.00. The minimum absolute atomic E-state index is 0.174. The summed E-state index contributed by atoms with van der Waals surface area (Å²) in [5, 5.41) is 11.7. The predicted molar refractivity (Wildman–Crippen MR) is 87.8 cm³/mol. The summed E-state index contributed by atoms with van der Waals surface area (Å²) in [6.07, 6.45) is 3.74. The van der Waals surface area contributed by atoms with Gasteiger partial charge in [0.15, 0.2) is 0 Å². The van der Waals surface area contributed by atoms with Gasteiger partial charge in [0.05, 0.1) is 11.6 Å². The Morgan fingerprint density at radius 3 is 2.84 bits per heavy atom. The van der Waals surface area contributed by atoms with E-state index in [9.17, 15) is 14.0 Å². The minimum atomic E-state index is -0.886. The number of hydrogen-bond acceptors (Lipinski definition) is 3. The zero-order chi connectivity index (χ0) is 18.0. The summed E-state index contributed by atoms with van der Waals surface area (Å²) >= 11 is 0. The number of amides is 2. The number of imidazole rings is 1. The number of aliphatic carboxylic acids is 1. The van der Waals surface area contributed by atoms with Crippen LogP contribution in [0.5, 0.6) is 0 Å². The lowest BCUT2D eigenvalue weighted by atomic mass is 10.1. The highest BCUT2D eigenvalue weighted by atomic mass is 19.1. The third kappa shape index (κ3) is 3.62. The van der Waals surface area contributed by atoms with Crippen LogP contribution in [0.25, 0.3) is 5.69 Å². The molecule has 7 nitrogen and oxygen atoms in total. The van der Waals surface area contributed by atoms with Crippen LogP contribution in [0.4, 0.5) is 9.18 Å². The molecule has 1 saturated heterocycles. The van der Waals surface area contributed by atoms with Gasteiger partial charge in [-0.05, 0) is 31.0 Å².